The van der Waals surface area contributed by atoms with Gasteiger partial charge in [0.15, 0.2) is 0 Å². The third-order valence-corrected chi connectivity index (χ3v) is 3.80. The molecule has 1 nitrogen and oxygen atoms in total. The summed E-state index contributed by atoms with van der Waals surface area (Å²) in [5.41, 5.74) is 1.96. The van der Waals surface area contributed by atoms with Crippen LogP contribution in [0.25, 0.3) is 0 Å². The molecule has 2 aromatic carbocycles. The maximum Gasteiger partial charge on any atom is 0.146 e. The number of aryl methyl sites for hydroxylation is 1. The Morgan fingerprint density at radius 2 is 1.85 bits per heavy atom. The average molecular weight is 292 g/mol. The number of hydrogen-bond acceptors (Lipinski definition) is 1. The minimum atomic E-state index is -0.312. The molecule has 0 aromatic heterocycles. The zero-order chi connectivity index (χ0) is 14.4. The molecule has 3 heteroatoms. The van der Waals surface area contributed by atoms with Crippen molar-refractivity contribution in [2.24, 2.45) is 0 Å². The molecule has 2 rings (SSSR count). The van der Waals surface area contributed by atoms with Crippen LogP contribution in [0.3, 0.4) is 0 Å². The second kappa shape index (κ2) is 7.41. The molecule has 0 heterocycles. The molecule has 20 heavy (non-hydrogen) atoms. The fourth-order valence-electron chi connectivity index (χ4n) is 2.40. The second-order valence-electron chi connectivity index (χ2n) is 4.86. The zero-order valence-corrected chi connectivity index (χ0v) is 12.3. The largest absolute Gasteiger partial charge is 0.313 e. The molecule has 0 saturated heterocycles. The molecule has 0 aliphatic carbocycles. The molecule has 0 aliphatic heterocycles. The van der Waals surface area contributed by atoms with E-state index in [-0.39, 0.29) is 16.9 Å². The van der Waals surface area contributed by atoms with Gasteiger partial charge in [-0.15, -0.1) is 0 Å². The highest BCUT2D eigenvalue weighted by molar-refractivity contribution is 6.30. The van der Waals surface area contributed by atoms with Gasteiger partial charge in [-0.05, 0) is 37.9 Å². The smallest absolute Gasteiger partial charge is 0.146 e. The molecular weight excluding hydrogens is 273 g/mol. The van der Waals surface area contributed by atoms with Crippen LogP contribution in [-0.2, 0) is 6.42 Å². The van der Waals surface area contributed by atoms with Crippen LogP contribution in [0.4, 0.5) is 4.39 Å². The van der Waals surface area contributed by atoms with Crippen molar-refractivity contribution < 1.29 is 4.39 Å². The van der Waals surface area contributed by atoms with Crippen molar-refractivity contribution in [2.75, 3.05) is 7.05 Å². The molecule has 0 radical (unpaired) electrons. The predicted octanol–water partition coefficient (Wildman–Crippen LogP) is 4.76. The lowest BCUT2D eigenvalue weighted by atomic mass is 9.99. The Bertz CT molecular complexity index is 542. The molecule has 0 aliphatic rings. The maximum absolute atomic E-state index is 14.0. The summed E-state index contributed by atoms with van der Waals surface area (Å²) in [5.74, 6) is -0.312. The van der Waals surface area contributed by atoms with Crippen LogP contribution < -0.4 is 5.32 Å². The molecule has 2 aromatic rings. The molecule has 1 unspecified atom stereocenters. The van der Waals surface area contributed by atoms with Crippen molar-refractivity contribution in [3.63, 3.8) is 0 Å². The van der Waals surface area contributed by atoms with E-state index in [1.807, 2.05) is 25.2 Å². The monoisotopic (exact) mass is 291 g/mol. The Morgan fingerprint density at radius 3 is 2.55 bits per heavy atom. The SMILES string of the molecule is CNC(CCCc1ccccc1)c1cccc(Cl)c1F. The fourth-order valence-corrected chi connectivity index (χ4v) is 2.58. The standard InChI is InChI=1S/C17H19ClFN/c1-20-16(14-10-6-11-15(18)17(14)19)12-5-9-13-7-3-2-4-8-13/h2-4,6-8,10-11,16,20H,5,9,12H2,1H3. The van der Waals surface area contributed by atoms with Crippen LogP contribution in [0.5, 0.6) is 0 Å². The molecule has 106 valence electrons. The Hall–Kier alpha value is -1.38. The third-order valence-electron chi connectivity index (χ3n) is 3.51. The highest BCUT2D eigenvalue weighted by atomic mass is 35.5. The maximum atomic E-state index is 14.0. The highest BCUT2D eigenvalue weighted by Crippen LogP contribution is 2.26. The second-order valence-corrected chi connectivity index (χ2v) is 5.27. The van der Waals surface area contributed by atoms with Gasteiger partial charge >= 0.3 is 0 Å². The van der Waals surface area contributed by atoms with Gasteiger partial charge in [-0.25, -0.2) is 4.39 Å². The first-order valence-corrected chi connectivity index (χ1v) is 7.25. The van der Waals surface area contributed by atoms with E-state index in [0.29, 0.717) is 5.56 Å². The van der Waals surface area contributed by atoms with E-state index in [1.165, 1.54) is 5.56 Å². The normalized spacial score (nSPS) is 12.3. The summed E-state index contributed by atoms with van der Waals surface area (Å²) in [7, 11) is 1.85. The molecule has 0 amide bonds. The van der Waals surface area contributed by atoms with E-state index in [2.05, 4.69) is 17.4 Å². The van der Waals surface area contributed by atoms with Gasteiger partial charge in [0, 0.05) is 11.6 Å². The highest BCUT2D eigenvalue weighted by Gasteiger charge is 2.15. The molecule has 0 bridgehead atoms. The van der Waals surface area contributed by atoms with Crippen LogP contribution in [0.1, 0.15) is 30.0 Å². The quantitative estimate of drug-likeness (QED) is 0.809. The van der Waals surface area contributed by atoms with Crippen molar-refractivity contribution >= 4 is 11.6 Å². The van der Waals surface area contributed by atoms with Gasteiger partial charge < -0.3 is 5.32 Å². The molecular formula is C17H19ClFN. The fraction of sp³-hybridized carbons (Fsp3) is 0.294. The van der Waals surface area contributed by atoms with E-state index in [1.54, 1.807) is 18.2 Å². The van der Waals surface area contributed by atoms with E-state index in [0.717, 1.165) is 19.3 Å². The van der Waals surface area contributed by atoms with E-state index < -0.39 is 0 Å². The number of hydrogen-bond donors (Lipinski definition) is 1. The van der Waals surface area contributed by atoms with E-state index in [4.69, 9.17) is 11.6 Å². The van der Waals surface area contributed by atoms with Crippen molar-refractivity contribution in [1.82, 2.24) is 5.32 Å². The third kappa shape index (κ3) is 3.81. The lowest BCUT2D eigenvalue weighted by Crippen LogP contribution is -2.18. The van der Waals surface area contributed by atoms with Gasteiger partial charge in [0.1, 0.15) is 5.82 Å². The Labute approximate surface area is 124 Å². The number of nitrogens with one attached hydrogen (secondary N) is 1. The van der Waals surface area contributed by atoms with Crippen LogP contribution in [-0.4, -0.2) is 7.05 Å². The van der Waals surface area contributed by atoms with Crippen LogP contribution in [0.2, 0.25) is 5.02 Å². The summed E-state index contributed by atoms with van der Waals surface area (Å²) in [6.07, 6.45) is 2.88. The van der Waals surface area contributed by atoms with Gasteiger partial charge in [-0.3, -0.25) is 0 Å². The minimum absolute atomic E-state index is 0.00240. The Balaban J connectivity index is 1.97. The Morgan fingerprint density at radius 1 is 1.10 bits per heavy atom. The summed E-state index contributed by atoms with van der Waals surface area (Å²) < 4.78 is 14.0. The van der Waals surface area contributed by atoms with Crippen LogP contribution in [0.15, 0.2) is 48.5 Å². The summed E-state index contributed by atoms with van der Waals surface area (Å²) in [6, 6.07) is 15.5. The topological polar surface area (TPSA) is 12.0 Å². The van der Waals surface area contributed by atoms with E-state index >= 15 is 0 Å². The van der Waals surface area contributed by atoms with Crippen molar-refractivity contribution in [3.05, 3.63) is 70.5 Å². The summed E-state index contributed by atoms with van der Waals surface area (Å²) >= 11 is 5.84. The van der Waals surface area contributed by atoms with Crippen molar-refractivity contribution in [3.8, 4) is 0 Å². The van der Waals surface area contributed by atoms with Gasteiger partial charge in [-0.1, -0.05) is 54.1 Å². The number of benzene rings is 2. The van der Waals surface area contributed by atoms with Crippen molar-refractivity contribution in [1.29, 1.82) is 0 Å². The first kappa shape index (κ1) is 15.0. The molecule has 0 spiro atoms. The number of halogens is 2. The molecule has 0 saturated carbocycles. The van der Waals surface area contributed by atoms with Crippen molar-refractivity contribution in [2.45, 2.75) is 25.3 Å². The first-order valence-electron chi connectivity index (χ1n) is 6.87. The zero-order valence-electron chi connectivity index (χ0n) is 11.6. The van der Waals surface area contributed by atoms with Gasteiger partial charge in [-0.2, -0.15) is 0 Å². The minimum Gasteiger partial charge on any atom is -0.313 e. The lowest BCUT2D eigenvalue weighted by Gasteiger charge is -2.17. The van der Waals surface area contributed by atoms with Gasteiger partial charge in [0.2, 0.25) is 0 Å². The average Bonchev–Trinajstić information content (AvgIpc) is 2.48. The number of rotatable bonds is 6. The van der Waals surface area contributed by atoms with Crippen LogP contribution in [0, 0.1) is 5.82 Å². The summed E-state index contributed by atoms with van der Waals surface area (Å²) in [6.45, 7) is 0. The lowest BCUT2D eigenvalue weighted by molar-refractivity contribution is 0.495. The first-order chi connectivity index (χ1) is 9.72. The Kier molecular flexibility index (Phi) is 5.57. The van der Waals surface area contributed by atoms with Gasteiger partial charge in [0.25, 0.3) is 0 Å². The van der Waals surface area contributed by atoms with E-state index in [9.17, 15) is 4.39 Å². The molecule has 1 N–H and O–H groups in total. The summed E-state index contributed by atoms with van der Waals surface area (Å²) in [5, 5.41) is 3.36. The predicted molar refractivity (Wildman–Crippen MR) is 82.6 cm³/mol. The van der Waals surface area contributed by atoms with Crippen LogP contribution >= 0.6 is 11.6 Å². The summed E-state index contributed by atoms with van der Waals surface area (Å²) in [4.78, 5) is 0. The molecule has 1 atom stereocenters. The van der Waals surface area contributed by atoms with Gasteiger partial charge in [0.05, 0.1) is 5.02 Å². The molecule has 0 fully saturated rings.